The van der Waals surface area contributed by atoms with Crippen molar-refractivity contribution in [3.63, 3.8) is 0 Å². The molecule has 0 amide bonds. The van der Waals surface area contributed by atoms with Gasteiger partial charge in [-0.05, 0) is 186 Å². The summed E-state index contributed by atoms with van der Waals surface area (Å²) in [5.74, 6) is 2.79. The fourth-order valence-corrected chi connectivity index (χ4v) is 13.1. The molecular weight excluding hydrogens is 1280 g/mol. The lowest BCUT2D eigenvalue weighted by Crippen LogP contribution is -2.41. The monoisotopic (exact) mass is 1340 g/mol. The first-order valence-electron chi connectivity index (χ1n) is 31.5. The summed E-state index contributed by atoms with van der Waals surface area (Å²) < 4.78 is 21.3. The lowest BCUT2D eigenvalue weighted by Gasteiger charge is -2.32. The van der Waals surface area contributed by atoms with E-state index in [1.807, 2.05) is 36.4 Å². The highest BCUT2D eigenvalue weighted by Crippen LogP contribution is 2.39. The minimum Gasteiger partial charge on any atom is -0.399 e. The van der Waals surface area contributed by atoms with Crippen LogP contribution in [0.2, 0.25) is 0 Å². The van der Waals surface area contributed by atoms with Crippen molar-refractivity contribution in [3.8, 4) is 73.5 Å². The number of aromatic nitrogens is 6. The van der Waals surface area contributed by atoms with Gasteiger partial charge in [-0.3, -0.25) is 13.7 Å². The Hall–Kier alpha value is -10.3. The summed E-state index contributed by atoms with van der Waals surface area (Å²) in [4.78, 5) is 15.0. The molecule has 0 bridgehead atoms. The van der Waals surface area contributed by atoms with Crippen molar-refractivity contribution in [3.05, 3.63) is 318 Å². The Labute approximate surface area is 563 Å². The molecule has 3 aromatic heterocycles. The van der Waals surface area contributed by atoms with Crippen molar-refractivity contribution in [1.29, 1.82) is 0 Å². The molecule has 4 heterocycles. The summed E-state index contributed by atoms with van der Waals surface area (Å²) in [5.41, 5.74) is 17.8. The lowest BCUT2D eigenvalue weighted by molar-refractivity contribution is 0.00578. The first-order valence-corrected chi connectivity index (χ1v) is 33.1. The van der Waals surface area contributed by atoms with E-state index in [0.29, 0.717) is 0 Å². The molecule has 16 aromatic rings. The molecule has 1 aliphatic heterocycles. The van der Waals surface area contributed by atoms with Gasteiger partial charge in [-0.1, -0.05) is 232 Å². The van der Waals surface area contributed by atoms with Crippen LogP contribution in [0.5, 0.6) is 0 Å². The van der Waals surface area contributed by atoms with Gasteiger partial charge in [-0.2, -0.15) is 0 Å². The molecule has 0 spiro atoms. The highest BCUT2D eigenvalue weighted by molar-refractivity contribution is 9.10. The Balaban J connectivity index is 0.000000145. The van der Waals surface area contributed by atoms with Gasteiger partial charge in [0.15, 0.2) is 0 Å². The first kappa shape index (κ1) is 60.0. The van der Waals surface area contributed by atoms with Crippen molar-refractivity contribution in [1.82, 2.24) is 28.7 Å². The van der Waals surface area contributed by atoms with E-state index in [2.05, 4.69) is 346 Å². The van der Waals surface area contributed by atoms with Crippen LogP contribution in [0.1, 0.15) is 27.7 Å². The number of nitrogens with zero attached hydrogens (tertiary/aromatic N) is 6. The molecule has 454 valence electrons. The number of hydrogen-bond donors (Lipinski definition) is 0. The summed E-state index contributed by atoms with van der Waals surface area (Å²) in [7, 11) is -0.364. The van der Waals surface area contributed by atoms with Crippen molar-refractivity contribution in [2.24, 2.45) is 0 Å². The fourth-order valence-electron chi connectivity index (χ4n) is 12.4. The molecule has 17 rings (SSSR count). The summed E-state index contributed by atoms with van der Waals surface area (Å²) in [6.07, 6.45) is 0. The van der Waals surface area contributed by atoms with Gasteiger partial charge >= 0.3 is 7.12 Å². The highest BCUT2D eigenvalue weighted by Gasteiger charge is 2.51. The third kappa shape index (κ3) is 11.9. The largest absolute Gasteiger partial charge is 0.494 e. The SMILES string of the molecule is Brc1ccc2ccc(Br)cc2c1.CC1(C)OB(c2ccc(-c3nc4ccccc4n3-c3ccccc3)cc2)OC1(C)C.c1ccc(-n2c(-c3ccc(-c4ccc5ccc(-c6ccc(-c7nc8ccccc8n7-c7ccccc7)cc6)cc5c4)cc3)nc3ccccc32)cc1. The molecule has 94 heavy (non-hydrogen) atoms. The second-order valence-corrected chi connectivity index (χ2v) is 26.4. The molecule has 13 aromatic carbocycles. The molecular formula is C83H63BBr2N6O2. The molecule has 0 saturated carbocycles. The maximum Gasteiger partial charge on any atom is 0.494 e. The quantitative estimate of drug-likeness (QED) is 0.135. The number of para-hydroxylation sites is 9. The number of benzene rings is 13. The van der Waals surface area contributed by atoms with Gasteiger partial charge in [0.25, 0.3) is 0 Å². The van der Waals surface area contributed by atoms with Crippen LogP contribution in [0.4, 0.5) is 0 Å². The van der Waals surface area contributed by atoms with E-state index in [0.717, 1.165) is 98.7 Å². The lowest BCUT2D eigenvalue weighted by atomic mass is 9.79. The maximum atomic E-state index is 6.19. The van der Waals surface area contributed by atoms with E-state index >= 15 is 0 Å². The van der Waals surface area contributed by atoms with Crippen LogP contribution < -0.4 is 5.46 Å². The summed E-state index contributed by atoms with van der Waals surface area (Å²) >= 11 is 6.88. The molecule has 11 heteroatoms. The predicted octanol–water partition coefficient (Wildman–Crippen LogP) is 21.5. The van der Waals surface area contributed by atoms with Crippen LogP contribution in [0.25, 0.3) is 128 Å². The normalized spacial score (nSPS) is 13.3. The van der Waals surface area contributed by atoms with Crippen molar-refractivity contribution in [2.75, 3.05) is 0 Å². The number of imidazole rings is 3. The van der Waals surface area contributed by atoms with Gasteiger partial charge in [0, 0.05) is 42.7 Å². The summed E-state index contributed by atoms with van der Waals surface area (Å²) in [6.45, 7) is 8.29. The van der Waals surface area contributed by atoms with E-state index in [1.54, 1.807) is 0 Å². The first-order chi connectivity index (χ1) is 45.9. The molecule has 0 atom stereocenters. The van der Waals surface area contributed by atoms with Gasteiger partial charge in [-0.25, -0.2) is 15.0 Å². The summed E-state index contributed by atoms with van der Waals surface area (Å²) in [5, 5.41) is 4.94. The number of hydrogen-bond acceptors (Lipinski definition) is 5. The van der Waals surface area contributed by atoms with E-state index in [9.17, 15) is 0 Å². The third-order valence-electron chi connectivity index (χ3n) is 18.0. The molecule has 1 saturated heterocycles. The fraction of sp³-hybridized carbons (Fsp3) is 0.0723. The Morgan fingerprint density at radius 3 is 0.936 bits per heavy atom. The molecule has 1 fully saturated rings. The van der Waals surface area contributed by atoms with E-state index < -0.39 is 0 Å². The Morgan fingerprint density at radius 2 is 0.574 bits per heavy atom. The van der Waals surface area contributed by atoms with Crippen LogP contribution in [0.3, 0.4) is 0 Å². The minimum absolute atomic E-state index is 0.350. The van der Waals surface area contributed by atoms with E-state index in [4.69, 9.17) is 24.3 Å². The van der Waals surface area contributed by atoms with Crippen molar-refractivity contribution < 1.29 is 9.31 Å². The van der Waals surface area contributed by atoms with Crippen LogP contribution in [-0.2, 0) is 9.31 Å². The molecule has 0 radical (unpaired) electrons. The van der Waals surface area contributed by atoms with Crippen molar-refractivity contribution in [2.45, 2.75) is 38.9 Å². The van der Waals surface area contributed by atoms with Gasteiger partial charge in [0.1, 0.15) is 17.5 Å². The number of halogens is 2. The Bertz CT molecular complexity index is 5150. The average Bonchev–Trinajstić information content (AvgIpc) is 1.63. The van der Waals surface area contributed by atoms with E-state index in [1.165, 1.54) is 43.8 Å². The molecule has 0 N–H and O–H groups in total. The Morgan fingerprint density at radius 1 is 0.287 bits per heavy atom. The van der Waals surface area contributed by atoms with Gasteiger partial charge < -0.3 is 9.31 Å². The van der Waals surface area contributed by atoms with Crippen LogP contribution in [-0.4, -0.2) is 47.0 Å². The highest BCUT2D eigenvalue weighted by atomic mass is 79.9. The van der Waals surface area contributed by atoms with Gasteiger partial charge in [0.2, 0.25) is 0 Å². The van der Waals surface area contributed by atoms with E-state index in [-0.39, 0.29) is 18.3 Å². The zero-order valence-electron chi connectivity index (χ0n) is 52.3. The van der Waals surface area contributed by atoms with Crippen LogP contribution in [0, 0.1) is 0 Å². The molecule has 1 aliphatic rings. The minimum atomic E-state index is -0.364. The number of fused-ring (bicyclic) bond motifs is 5. The zero-order chi connectivity index (χ0) is 63.9. The van der Waals surface area contributed by atoms with Gasteiger partial charge in [-0.15, -0.1) is 0 Å². The molecule has 8 nitrogen and oxygen atoms in total. The van der Waals surface area contributed by atoms with Crippen LogP contribution >= 0.6 is 31.9 Å². The van der Waals surface area contributed by atoms with Crippen molar-refractivity contribution >= 4 is 99.1 Å². The zero-order valence-corrected chi connectivity index (χ0v) is 55.4. The third-order valence-corrected chi connectivity index (χ3v) is 19.0. The molecule has 0 unspecified atom stereocenters. The summed E-state index contributed by atoms with van der Waals surface area (Å²) in [6, 6.07) is 108. The predicted molar refractivity (Wildman–Crippen MR) is 397 cm³/mol. The maximum absolute atomic E-state index is 6.19. The Kier molecular flexibility index (Phi) is 16.2. The standard InChI is InChI=1S/C48H32N4.C25H25BN2O2.C10H6Br2/c1-3-11-41(12-4-1)51-45-17-9-7-15-43(45)49-47(51)36-25-19-33(20-26-36)38-29-23-35-24-30-39(32-40(35)31-38)34-21-27-37(28-22-34)48-50-44-16-8-10-18-46(44)52(48)42-13-5-2-6-14-42;1-24(2)25(3,4)30-26(29-24)19-16-14-18(15-17-19)23-27-21-12-8-9-13-22(21)28(23)20-10-6-5-7-11-20;11-9-3-1-7-2-4-10(12)6-8(7)5-9/h1-32H;5-17H,1-4H3;1-6H. The second-order valence-electron chi connectivity index (χ2n) is 24.6. The second kappa shape index (κ2) is 25.3. The smallest absolute Gasteiger partial charge is 0.399 e. The topological polar surface area (TPSA) is 71.9 Å². The number of rotatable bonds is 9. The van der Waals surface area contributed by atoms with Crippen LogP contribution in [0.15, 0.2) is 318 Å². The average molecular weight is 1350 g/mol. The van der Waals surface area contributed by atoms with Gasteiger partial charge in [0.05, 0.1) is 44.3 Å². The molecule has 0 aliphatic carbocycles.